The van der Waals surface area contributed by atoms with Crippen LogP contribution in [0.15, 0.2) is 36.4 Å². The minimum absolute atomic E-state index is 0.0297. The molecule has 2 N–H and O–H groups in total. The molecule has 0 radical (unpaired) electrons. The SMILES string of the molecule is COc1ccc2cc(C(CO)NCC3CC3)ccc2c1. The fourth-order valence-electron chi connectivity index (χ4n) is 2.50. The van der Waals surface area contributed by atoms with Gasteiger partial charge in [-0.05, 0) is 59.8 Å². The number of aliphatic hydroxyl groups is 1. The van der Waals surface area contributed by atoms with Gasteiger partial charge < -0.3 is 15.2 Å². The largest absolute Gasteiger partial charge is 0.497 e. The molecule has 1 unspecified atom stereocenters. The Morgan fingerprint density at radius 3 is 2.65 bits per heavy atom. The lowest BCUT2D eigenvalue weighted by Crippen LogP contribution is -2.26. The fraction of sp³-hybridized carbons (Fsp3) is 0.412. The third-order valence-corrected chi connectivity index (χ3v) is 4.01. The molecule has 106 valence electrons. The number of hydrogen-bond donors (Lipinski definition) is 2. The summed E-state index contributed by atoms with van der Waals surface area (Å²) in [6.45, 7) is 1.14. The second kappa shape index (κ2) is 5.81. The molecular weight excluding hydrogens is 250 g/mol. The number of benzene rings is 2. The molecule has 0 bridgehead atoms. The smallest absolute Gasteiger partial charge is 0.119 e. The van der Waals surface area contributed by atoms with E-state index in [1.54, 1.807) is 7.11 Å². The first kappa shape index (κ1) is 13.4. The maximum absolute atomic E-state index is 9.58. The molecule has 0 aliphatic heterocycles. The number of rotatable bonds is 6. The zero-order valence-electron chi connectivity index (χ0n) is 11.8. The molecule has 1 aliphatic carbocycles. The van der Waals surface area contributed by atoms with Crippen LogP contribution in [0.2, 0.25) is 0 Å². The lowest BCUT2D eigenvalue weighted by molar-refractivity contribution is 0.243. The summed E-state index contributed by atoms with van der Waals surface area (Å²) in [6, 6.07) is 12.4. The Kier molecular flexibility index (Phi) is 3.90. The van der Waals surface area contributed by atoms with Crippen molar-refractivity contribution < 1.29 is 9.84 Å². The van der Waals surface area contributed by atoms with E-state index in [2.05, 4.69) is 29.6 Å². The minimum Gasteiger partial charge on any atom is -0.497 e. The number of hydrogen-bond acceptors (Lipinski definition) is 3. The average molecular weight is 271 g/mol. The van der Waals surface area contributed by atoms with Gasteiger partial charge in [0.2, 0.25) is 0 Å². The maximum atomic E-state index is 9.58. The Hall–Kier alpha value is -1.58. The van der Waals surface area contributed by atoms with E-state index < -0.39 is 0 Å². The van der Waals surface area contributed by atoms with Gasteiger partial charge in [0.05, 0.1) is 19.8 Å². The predicted molar refractivity (Wildman–Crippen MR) is 81.1 cm³/mol. The van der Waals surface area contributed by atoms with Crippen LogP contribution in [0.5, 0.6) is 5.75 Å². The highest BCUT2D eigenvalue weighted by Gasteiger charge is 2.22. The van der Waals surface area contributed by atoms with E-state index in [9.17, 15) is 5.11 Å². The third kappa shape index (κ3) is 2.94. The molecule has 0 amide bonds. The summed E-state index contributed by atoms with van der Waals surface area (Å²) >= 11 is 0. The summed E-state index contributed by atoms with van der Waals surface area (Å²) in [5, 5.41) is 15.4. The molecule has 0 saturated heterocycles. The zero-order chi connectivity index (χ0) is 13.9. The van der Waals surface area contributed by atoms with Gasteiger partial charge in [0.25, 0.3) is 0 Å². The predicted octanol–water partition coefficient (Wildman–Crippen LogP) is 2.88. The van der Waals surface area contributed by atoms with Gasteiger partial charge in [-0.25, -0.2) is 0 Å². The first-order valence-corrected chi connectivity index (χ1v) is 7.22. The van der Waals surface area contributed by atoms with Gasteiger partial charge in [0, 0.05) is 0 Å². The number of nitrogens with one attached hydrogen (secondary N) is 1. The molecule has 0 aromatic heterocycles. The minimum atomic E-state index is 0.0297. The van der Waals surface area contributed by atoms with Crippen LogP contribution in [0.3, 0.4) is 0 Å². The van der Waals surface area contributed by atoms with Gasteiger partial charge in [-0.3, -0.25) is 0 Å². The number of aliphatic hydroxyl groups excluding tert-OH is 1. The van der Waals surface area contributed by atoms with E-state index in [0.717, 1.165) is 29.2 Å². The van der Waals surface area contributed by atoms with Crippen molar-refractivity contribution >= 4 is 10.8 Å². The van der Waals surface area contributed by atoms with E-state index in [1.807, 2.05) is 12.1 Å². The van der Waals surface area contributed by atoms with Crippen LogP contribution in [0, 0.1) is 5.92 Å². The van der Waals surface area contributed by atoms with Crippen molar-refractivity contribution in [2.45, 2.75) is 18.9 Å². The van der Waals surface area contributed by atoms with Crippen molar-refractivity contribution in [2.24, 2.45) is 5.92 Å². The zero-order valence-corrected chi connectivity index (χ0v) is 11.8. The van der Waals surface area contributed by atoms with Gasteiger partial charge in [0.1, 0.15) is 5.75 Å². The Morgan fingerprint density at radius 1 is 1.20 bits per heavy atom. The van der Waals surface area contributed by atoms with Crippen LogP contribution in [0.1, 0.15) is 24.4 Å². The van der Waals surface area contributed by atoms with Crippen molar-refractivity contribution in [2.75, 3.05) is 20.3 Å². The van der Waals surface area contributed by atoms with Crippen molar-refractivity contribution in [3.63, 3.8) is 0 Å². The fourth-order valence-corrected chi connectivity index (χ4v) is 2.50. The second-order valence-corrected chi connectivity index (χ2v) is 5.56. The van der Waals surface area contributed by atoms with Gasteiger partial charge in [-0.1, -0.05) is 18.2 Å². The first-order valence-electron chi connectivity index (χ1n) is 7.22. The van der Waals surface area contributed by atoms with E-state index in [1.165, 1.54) is 18.2 Å². The Labute approximate surface area is 119 Å². The lowest BCUT2D eigenvalue weighted by Gasteiger charge is -2.17. The third-order valence-electron chi connectivity index (χ3n) is 4.01. The molecule has 1 atom stereocenters. The number of methoxy groups -OCH3 is 1. The van der Waals surface area contributed by atoms with Crippen LogP contribution in [-0.4, -0.2) is 25.4 Å². The molecule has 1 saturated carbocycles. The first-order chi connectivity index (χ1) is 9.80. The quantitative estimate of drug-likeness (QED) is 0.849. The molecule has 0 heterocycles. The van der Waals surface area contributed by atoms with Crippen LogP contribution >= 0.6 is 0 Å². The van der Waals surface area contributed by atoms with Crippen molar-refractivity contribution in [1.29, 1.82) is 0 Å². The average Bonchev–Trinajstić information content (AvgIpc) is 3.31. The van der Waals surface area contributed by atoms with Crippen LogP contribution in [0.4, 0.5) is 0 Å². The molecule has 2 aromatic carbocycles. The molecular formula is C17H21NO2. The van der Waals surface area contributed by atoms with Crippen molar-refractivity contribution in [3.05, 3.63) is 42.0 Å². The van der Waals surface area contributed by atoms with E-state index in [0.29, 0.717) is 0 Å². The summed E-state index contributed by atoms with van der Waals surface area (Å²) in [5.74, 6) is 1.68. The topological polar surface area (TPSA) is 41.5 Å². The summed E-state index contributed by atoms with van der Waals surface area (Å²) in [6.07, 6.45) is 2.64. The number of fused-ring (bicyclic) bond motifs is 1. The molecule has 20 heavy (non-hydrogen) atoms. The van der Waals surface area contributed by atoms with Crippen molar-refractivity contribution in [3.8, 4) is 5.75 Å². The molecule has 3 nitrogen and oxygen atoms in total. The summed E-state index contributed by atoms with van der Waals surface area (Å²) < 4.78 is 5.24. The Morgan fingerprint density at radius 2 is 1.95 bits per heavy atom. The molecule has 2 aromatic rings. The second-order valence-electron chi connectivity index (χ2n) is 5.56. The van der Waals surface area contributed by atoms with E-state index >= 15 is 0 Å². The number of ether oxygens (including phenoxy) is 1. The normalized spacial score (nSPS) is 16.3. The maximum Gasteiger partial charge on any atom is 0.119 e. The van der Waals surface area contributed by atoms with E-state index in [-0.39, 0.29) is 12.6 Å². The monoisotopic (exact) mass is 271 g/mol. The van der Waals surface area contributed by atoms with Gasteiger partial charge in [-0.2, -0.15) is 0 Å². The Bertz CT molecular complexity index is 593. The Balaban J connectivity index is 1.82. The highest BCUT2D eigenvalue weighted by Crippen LogP contribution is 2.29. The molecule has 0 spiro atoms. The highest BCUT2D eigenvalue weighted by atomic mass is 16.5. The molecule has 3 heteroatoms. The van der Waals surface area contributed by atoms with Crippen LogP contribution in [0.25, 0.3) is 10.8 Å². The van der Waals surface area contributed by atoms with Crippen LogP contribution < -0.4 is 10.1 Å². The molecule has 1 aliphatic rings. The lowest BCUT2D eigenvalue weighted by atomic mass is 10.0. The summed E-state index contributed by atoms with van der Waals surface area (Å²) in [5.41, 5.74) is 1.14. The molecule has 1 fully saturated rings. The standard InChI is InChI=1S/C17H21NO2/c1-20-16-7-6-13-8-15(5-4-14(13)9-16)17(11-19)18-10-12-2-3-12/h4-9,12,17-19H,2-3,10-11H2,1H3. The van der Waals surface area contributed by atoms with Gasteiger partial charge in [-0.15, -0.1) is 0 Å². The van der Waals surface area contributed by atoms with Gasteiger partial charge >= 0.3 is 0 Å². The summed E-state index contributed by atoms with van der Waals surface area (Å²) in [4.78, 5) is 0. The van der Waals surface area contributed by atoms with E-state index in [4.69, 9.17) is 4.74 Å². The van der Waals surface area contributed by atoms with Crippen molar-refractivity contribution in [1.82, 2.24) is 5.32 Å². The summed E-state index contributed by atoms with van der Waals surface area (Å²) in [7, 11) is 1.68. The van der Waals surface area contributed by atoms with Gasteiger partial charge in [0.15, 0.2) is 0 Å². The highest BCUT2D eigenvalue weighted by molar-refractivity contribution is 5.84. The molecule has 3 rings (SSSR count). The van der Waals surface area contributed by atoms with Crippen LogP contribution in [-0.2, 0) is 0 Å².